The number of H-pyrrole nitrogens is 1. The van der Waals surface area contributed by atoms with E-state index in [9.17, 15) is 18.3 Å². The Morgan fingerprint density at radius 3 is 1.90 bits per heavy atom. The maximum absolute atomic E-state index is 12.6. The van der Waals surface area contributed by atoms with Gasteiger partial charge in [0.25, 0.3) is 5.56 Å². The van der Waals surface area contributed by atoms with E-state index in [-0.39, 0.29) is 28.5 Å². The van der Waals surface area contributed by atoms with Crippen molar-refractivity contribution >= 4 is 27.4 Å². The predicted molar refractivity (Wildman–Crippen MR) is 120 cm³/mol. The van der Waals surface area contributed by atoms with Crippen molar-refractivity contribution < 1.29 is 13.5 Å². The lowest BCUT2D eigenvalue weighted by Gasteiger charge is -2.18. The molecule has 11 heteroatoms. The molecule has 0 aliphatic carbocycles. The van der Waals surface area contributed by atoms with E-state index in [0.717, 1.165) is 6.26 Å². The maximum atomic E-state index is 12.6. The van der Waals surface area contributed by atoms with Gasteiger partial charge in [-0.3, -0.25) is 25.3 Å². The van der Waals surface area contributed by atoms with Crippen LogP contribution in [0.1, 0.15) is 11.1 Å². The average molecular weight is 440 g/mol. The molecule has 0 atom stereocenters. The summed E-state index contributed by atoms with van der Waals surface area (Å²) in [6.45, 7) is 0. The molecule has 31 heavy (non-hydrogen) atoms. The number of sulfonamides is 1. The Bertz CT molecular complexity index is 1380. The zero-order valence-corrected chi connectivity index (χ0v) is 17.2. The number of nitrogens with one attached hydrogen (secondary N) is 4. The maximum Gasteiger partial charge on any atom is 0.275 e. The lowest BCUT2D eigenvalue weighted by Crippen LogP contribution is -2.21. The van der Waals surface area contributed by atoms with E-state index in [1.54, 1.807) is 36.4 Å². The lowest BCUT2D eigenvalue weighted by atomic mass is 9.92. The van der Waals surface area contributed by atoms with E-state index >= 15 is 0 Å². The van der Waals surface area contributed by atoms with Crippen LogP contribution in [0.4, 0.5) is 5.69 Å². The number of amidine groups is 2. The molecule has 0 saturated heterocycles. The molecule has 0 fully saturated rings. The highest BCUT2D eigenvalue weighted by Crippen LogP contribution is 2.41. The minimum Gasteiger partial charge on any atom is -0.494 e. The SMILES string of the molecule is CS(=O)(=O)Nc1c(-c2cccc(C(=N)N)c2)c(-c2cccc(C(=N)N)c2)c(O)[nH]c1=O. The zero-order chi connectivity index (χ0) is 22.9. The summed E-state index contributed by atoms with van der Waals surface area (Å²) in [6, 6.07) is 12.6. The highest BCUT2D eigenvalue weighted by Gasteiger charge is 2.23. The van der Waals surface area contributed by atoms with Crippen LogP contribution in [-0.4, -0.2) is 36.4 Å². The van der Waals surface area contributed by atoms with Crippen LogP contribution in [0.2, 0.25) is 0 Å². The smallest absolute Gasteiger partial charge is 0.275 e. The Morgan fingerprint density at radius 2 is 1.45 bits per heavy atom. The molecule has 0 bridgehead atoms. The Morgan fingerprint density at radius 1 is 0.968 bits per heavy atom. The van der Waals surface area contributed by atoms with Gasteiger partial charge in [-0.05, 0) is 23.3 Å². The molecule has 0 saturated carbocycles. The van der Waals surface area contributed by atoms with Crippen LogP contribution in [0.3, 0.4) is 0 Å². The van der Waals surface area contributed by atoms with E-state index in [1.807, 2.05) is 0 Å². The molecule has 9 N–H and O–H groups in total. The lowest BCUT2D eigenvalue weighted by molar-refractivity contribution is 0.454. The summed E-state index contributed by atoms with van der Waals surface area (Å²) in [5, 5.41) is 26.0. The first-order chi connectivity index (χ1) is 14.5. The highest BCUT2D eigenvalue weighted by atomic mass is 32.2. The fourth-order valence-electron chi connectivity index (χ4n) is 3.13. The molecule has 0 amide bonds. The number of benzene rings is 2. The van der Waals surface area contributed by atoms with Crippen molar-refractivity contribution in [3.05, 3.63) is 70.0 Å². The number of hydrogen-bond donors (Lipinski definition) is 7. The Balaban J connectivity index is 2.46. The second kappa shape index (κ2) is 7.95. The highest BCUT2D eigenvalue weighted by molar-refractivity contribution is 7.92. The molecule has 2 aromatic carbocycles. The van der Waals surface area contributed by atoms with Gasteiger partial charge >= 0.3 is 0 Å². The minimum atomic E-state index is -3.86. The number of nitrogen functional groups attached to an aromatic ring is 2. The third kappa shape index (κ3) is 4.56. The summed E-state index contributed by atoms with van der Waals surface area (Å²) < 4.78 is 26.1. The number of aromatic amines is 1. The van der Waals surface area contributed by atoms with Gasteiger partial charge in [-0.15, -0.1) is 0 Å². The van der Waals surface area contributed by atoms with Crippen molar-refractivity contribution in [3.63, 3.8) is 0 Å². The summed E-state index contributed by atoms with van der Waals surface area (Å²) in [4.78, 5) is 14.9. The van der Waals surface area contributed by atoms with Crippen molar-refractivity contribution in [2.75, 3.05) is 11.0 Å². The summed E-state index contributed by atoms with van der Waals surface area (Å²) in [5.74, 6) is -0.943. The molecule has 0 radical (unpaired) electrons. The Kier molecular flexibility index (Phi) is 5.54. The van der Waals surface area contributed by atoms with Gasteiger partial charge in [-0.1, -0.05) is 36.4 Å². The fraction of sp³-hybridized carbons (Fsp3) is 0.0500. The number of rotatable bonds is 6. The summed E-state index contributed by atoms with van der Waals surface area (Å²) in [6.07, 6.45) is 0.894. The Hall–Kier alpha value is -4.12. The first kappa shape index (κ1) is 21.6. The van der Waals surface area contributed by atoms with Crippen LogP contribution < -0.4 is 21.7 Å². The molecule has 0 unspecified atom stereocenters. The third-order valence-electron chi connectivity index (χ3n) is 4.41. The summed E-state index contributed by atoms with van der Waals surface area (Å²) in [7, 11) is -3.86. The van der Waals surface area contributed by atoms with E-state index in [2.05, 4.69) is 9.71 Å². The molecule has 0 aliphatic heterocycles. The summed E-state index contributed by atoms with van der Waals surface area (Å²) in [5.41, 5.74) is 11.6. The number of pyridine rings is 1. The fourth-order valence-corrected chi connectivity index (χ4v) is 3.69. The van der Waals surface area contributed by atoms with Gasteiger partial charge < -0.3 is 16.6 Å². The van der Waals surface area contributed by atoms with Gasteiger partial charge in [0.15, 0.2) is 5.88 Å². The van der Waals surface area contributed by atoms with Gasteiger partial charge in [0.1, 0.15) is 17.4 Å². The van der Waals surface area contributed by atoms with Crippen LogP contribution >= 0.6 is 0 Å². The number of aromatic hydroxyl groups is 1. The molecule has 10 nitrogen and oxygen atoms in total. The number of nitrogens with two attached hydrogens (primary N) is 2. The first-order valence-corrected chi connectivity index (χ1v) is 10.7. The second-order valence-electron chi connectivity index (χ2n) is 6.79. The number of anilines is 1. The molecule has 0 spiro atoms. The van der Waals surface area contributed by atoms with Crippen LogP contribution in [0.25, 0.3) is 22.3 Å². The van der Waals surface area contributed by atoms with Crippen molar-refractivity contribution in [1.29, 1.82) is 10.8 Å². The number of hydrogen-bond acceptors (Lipinski definition) is 6. The van der Waals surface area contributed by atoms with Crippen LogP contribution in [0, 0.1) is 10.8 Å². The first-order valence-electron chi connectivity index (χ1n) is 8.84. The standard InChI is InChI=1S/C20H20N6O4S/c1-31(29,30)26-16-14(10-4-2-6-12(8-10)17(21)22)15(19(27)25-20(16)28)11-5-3-7-13(9-11)18(23)24/h2-9,26H,1H3,(H3,21,22)(H3,23,24)(H2,25,27,28). The van der Waals surface area contributed by atoms with E-state index < -0.39 is 21.5 Å². The zero-order valence-electron chi connectivity index (χ0n) is 16.4. The molecular formula is C20H20N6O4S. The molecular weight excluding hydrogens is 420 g/mol. The molecule has 1 heterocycles. The molecule has 0 aliphatic rings. The van der Waals surface area contributed by atoms with E-state index in [1.165, 1.54) is 12.1 Å². The number of aromatic nitrogens is 1. The largest absolute Gasteiger partial charge is 0.494 e. The van der Waals surface area contributed by atoms with E-state index in [4.69, 9.17) is 22.3 Å². The minimum absolute atomic E-state index is 0.0791. The molecule has 3 rings (SSSR count). The monoisotopic (exact) mass is 440 g/mol. The molecule has 3 aromatic rings. The molecule has 1 aromatic heterocycles. The molecule has 160 valence electrons. The van der Waals surface area contributed by atoms with E-state index in [0.29, 0.717) is 22.3 Å². The van der Waals surface area contributed by atoms with Crippen molar-refractivity contribution in [3.8, 4) is 28.1 Å². The summed E-state index contributed by atoms with van der Waals surface area (Å²) >= 11 is 0. The van der Waals surface area contributed by atoms with Gasteiger partial charge in [0.2, 0.25) is 10.0 Å². The second-order valence-corrected chi connectivity index (χ2v) is 8.54. The quantitative estimate of drug-likeness (QED) is 0.223. The van der Waals surface area contributed by atoms with Gasteiger partial charge in [-0.2, -0.15) is 0 Å². The van der Waals surface area contributed by atoms with Gasteiger partial charge in [-0.25, -0.2) is 8.42 Å². The van der Waals surface area contributed by atoms with Crippen molar-refractivity contribution in [2.24, 2.45) is 11.5 Å². The predicted octanol–water partition coefficient (Wildman–Crippen LogP) is 1.35. The Labute approximate surface area is 177 Å². The van der Waals surface area contributed by atoms with Gasteiger partial charge in [0, 0.05) is 16.7 Å². The normalized spacial score (nSPS) is 11.1. The topological polar surface area (TPSA) is 199 Å². The van der Waals surface area contributed by atoms with Crippen LogP contribution in [-0.2, 0) is 10.0 Å². The van der Waals surface area contributed by atoms with Crippen LogP contribution in [0.15, 0.2) is 53.3 Å². The average Bonchev–Trinajstić information content (AvgIpc) is 2.69. The van der Waals surface area contributed by atoms with Crippen LogP contribution in [0.5, 0.6) is 5.88 Å². The van der Waals surface area contributed by atoms with Crippen molar-refractivity contribution in [2.45, 2.75) is 0 Å². The van der Waals surface area contributed by atoms with Gasteiger partial charge in [0.05, 0.1) is 11.8 Å². The van der Waals surface area contributed by atoms with Crippen molar-refractivity contribution in [1.82, 2.24) is 4.98 Å². The third-order valence-corrected chi connectivity index (χ3v) is 4.98.